The molecule has 1 saturated heterocycles. The maximum absolute atomic E-state index is 5.49. The molecule has 1 aromatic carbocycles. The van der Waals surface area contributed by atoms with Crippen molar-refractivity contribution in [2.24, 2.45) is 0 Å². The maximum atomic E-state index is 5.49. The zero-order chi connectivity index (χ0) is 16.2. The van der Waals surface area contributed by atoms with Crippen molar-refractivity contribution in [1.29, 1.82) is 0 Å². The summed E-state index contributed by atoms with van der Waals surface area (Å²) >= 11 is 1.66. The average molecular weight is 333 g/mol. The van der Waals surface area contributed by atoms with E-state index in [2.05, 4.69) is 22.5 Å². The quantitative estimate of drug-likeness (QED) is 0.911. The lowest BCUT2D eigenvalue weighted by Crippen LogP contribution is -2.49. The third-order valence-electron chi connectivity index (χ3n) is 4.19. The molecule has 0 aliphatic carbocycles. The van der Waals surface area contributed by atoms with E-state index < -0.39 is 0 Å². The number of nitrogens with zero attached hydrogens (tertiary/aromatic N) is 2. The van der Waals surface area contributed by atoms with E-state index in [1.54, 1.807) is 25.6 Å². The van der Waals surface area contributed by atoms with Gasteiger partial charge in [-0.1, -0.05) is 0 Å². The van der Waals surface area contributed by atoms with E-state index in [-0.39, 0.29) is 0 Å². The summed E-state index contributed by atoms with van der Waals surface area (Å²) in [4.78, 5) is 7.28. The molecule has 0 bridgehead atoms. The van der Waals surface area contributed by atoms with Gasteiger partial charge < -0.3 is 14.8 Å². The third kappa shape index (κ3) is 3.65. The minimum absolute atomic E-state index is 0.546. The molecule has 1 aliphatic heterocycles. The van der Waals surface area contributed by atoms with Crippen LogP contribution < -0.4 is 14.8 Å². The number of aromatic nitrogens is 1. The smallest absolute Gasteiger partial charge is 0.132 e. The van der Waals surface area contributed by atoms with Gasteiger partial charge in [-0.15, -0.1) is 11.3 Å². The Kier molecular flexibility index (Phi) is 5.15. The molecular weight excluding hydrogens is 310 g/mol. The number of nitrogens with one attached hydrogen (secondary N) is 1. The van der Waals surface area contributed by atoms with Crippen molar-refractivity contribution < 1.29 is 9.47 Å². The van der Waals surface area contributed by atoms with Gasteiger partial charge in [0, 0.05) is 43.7 Å². The predicted octanol–water partition coefficient (Wildman–Crippen LogP) is 2.62. The van der Waals surface area contributed by atoms with Crippen molar-refractivity contribution in [2.45, 2.75) is 19.5 Å². The third-order valence-corrected chi connectivity index (χ3v) is 5.12. The SMILES string of the molecule is COc1ccc(-c2nc(CN3CCNC[C@H]3C)cs2)c(OC)c1. The second-order valence-corrected chi connectivity index (χ2v) is 6.59. The Bertz CT molecular complexity index is 659. The van der Waals surface area contributed by atoms with Crippen molar-refractivity contribution in [2.75, 3.05) is 33.9 Å². The van der Waals surface area contributed by atoms with Crippen molar-refractivity contribution in [3.8, 4) is 22.1 Å². The van der Waals surface area contributed by atoms with Crippen LogP contribution in [0.5, 0.6) is 11.5 Å². The molecule has 6 heteroatoms. The van der Waals surface area contributed by atoms with Gasteiger partial charge >= 0.3 is 0 Å². The molecule has 0 saturated carbocycles. The molecule has 0 unspecified atom stereocenters. The normalized spacial score (nSPS) is 18.8. The minimum atomic E-state index is 0.546. The number of piperazine rings is 1. The van der Waals surface area contributed by atoms with Crippen LogP contribution in [0.25, 0.3) is 10.6 Å². The van der Waals surface area contributed by atoms with Crippen molar-refractivity contribution in [1.82, 2.24) is 15.2 Å². The van der Waals surface area contributed by atoms with Gasteiger partial charge in [-0.2, -0.15) is 0 Å². The Hall–Kier alpha value is -1.63. The number of hydrogen-bond acceptors (Lipinski definition) is 6. The molecular formula is C17H23N3O2S. The fourth-order valence-electron chi connectivity index (χ4n) is 2.80. The Morgan fingerprint density at radius 1 is 1.35 bits per heavy atom. The minimum Gasteiger partial charge on any atom is -0.497 e. The number of hydrogen-bond donors (Lipinski definition) is 1. The highest BCUT2D eigenvalue weighted by Crippen LogP contribution is 2.35. The summed E-state index contributed by atoms with van der Waals surface area (Å²) in [5.74, 6) is 1.58. The first-order chi connectivity index (χ1) is 11.2. The van der Waals surface area contributed by atoms with Gasteiger partial charge in [0.1, 0.15) is 16.5 Å². The molecule has 1 N–H and O–H groups in total. The fraction of sp³-hybridized carbons (Fsp3) is 0.471. The second-order valence-electron chi connectivity index (χ2n) is 5.73. The topological polar surface area (TPSA) is 46.6 Å². The Labute approximate surface area is 141 Å². The summed E-state index contributed by atoms with van der Waals surface area (Å²) in [6.07, 6.45) is 0. The summed E-state index contributed by atoms with van der Waals surface area (Å²) in [6.45, 7) is 6.32. The van der Waals surface area contributed by atoms with Crippen LogP contribution >= 0.6 is 11.3 Å². The van der Waals surface area contributed by atoms with Crippen LogP contribution in [0.1, 0.15) is 12.6 Å². The largest absolute Gasteiger partial charge is 0.497 e. The lowest BCUT2D eigenvalue weighted by molar-refractivity contribution is 0.164. The highest BCUT2D eigenvalue weighted by Gasteiger charge is 2.19. The molecule has 23 heavy (non-hydrogen) atoms. The lowest BCUT2D eigenvalue weighted by atomic mass is 10.2. The molecule has 1 aromatic heterocycles. The van der Waals surface area contributed by atoms with E-state index >= 15 is 0 Å². The number of thiazole rings is 1. The first-order valence-corrected chi connectivity index (χ1v) is 8.71. The van der Waals surface area contributed by atoms with E-state index in [1.807, 2.05) is 18.2 Å². The highest BCUT2D eigenvalue weighted by atomic mass is 32.1. The molecule has 2 heterocycles. The van der Waals surface area contributed by atoms with Crippen LogP contribution in [0.15, 0.2) is 23.6 Å². The number of ether oxygens (including phenoxy) is 2. The molecule has 3 rings (SSSR count). The first kappa shape index (κ1) is 16.2. The molecule has 1 aliphatic rings. The Morgan fingerprint density at radius 2 is 2.22 bits per heavy atom. The van der Waals surface area contributed by atoms with Crippen molar-refractivity contribution in [3.05, 3.63) is 29.3 Å². The molecule has 0 radical (unpaired) electrons. The standard InChI is InChI=1S/C17H23N3O2S/c1-12-9-18-6-7-20(12)10-13-11-23-17(19-13)15-5-4-14(21-2)8-16(15)22-3/h4-5,8,11-12,18H,6-7,9-10H2,1-3H3/t12-/m1/s1. The van der Waals surface area contributed by atoms with Crippen LogP contribution in [0, 0.1) is 0 Å². The predicted molar refractivity (Wildman–Crippen MR) is 93.4 cm³/mol. The number of rotatable bonds is 5. The van der Waals surface area contributed by atoms with Crippen LogP contribution in [0.4, 0.5) is 0 Å². The van der Waals surface area contributed by atoms with Crippen molar-refractivity contribution >= 4 is 11.3 Å². The van der Waals surface area contributed by atoms with E-state index in [0.29, 0.717) is 6.04 Å². The molecule has 2 aromatic rings. The highest BCUT2D eigenvalue weighted by molar-refractivity contribution is 7.13. The lowest BCUT2D eigenvalue weighted by Gasteiger charge is -2.33. The monoisotopic (exact) mass is 333 g/mol. The molecule has 5 nitrogen and oxygen atoms in total. The molecule has 124 valence electrons. The van der Waals surface area contributed by atoms with Gasteiger partial charge in [-0.25, -0.2) is 4.98 Å². The van der Waals surface area contributed by atoms with Crippen molar-refractivity contribution in [3.63, 3.8) is 0 Å². The zero-order valence-electron chi connectivity index (χ0n) is 13.8. The number of benzene rings is 1. The summed E-state index contributed by atoms with van der Waals surface area (Å²) in [5.41, 5.74) is 2.13. The van der Waals surface area contributed by atoms with Gasteiger partial charge in [-0.3, -0.25) is 4.90 Å². The van der Waals surface area contributed by atoms with Gasteiger partial charge in [-0.05, 0) is 19.1 Å². The van der Waals surface area contributed by atoms with Gasteiger partial charge in [0.25, 0.3) is 0 Å². The average Bonchev–Trinajstić information content (AvgIpc) is 3.04. The molecule has 0 amide bonds. The van der Waals surface area contributed by atoms with Crippen LogP contribution in [0.3, 0.4) is 0 Å². The Morgan fingerprint density at radius 3 is 2.96 bits per heavy atom. The maximum Gasteiger partial charge on any atom is 0.132 e. The summed E-state index contributed by atoms with van der Waals surface area (Å²) < 4.78 is 10.7. The molecule has 1 atom stereocenters. The summed E-state index contributed by atoms with van der Waals surface area (Å²) in [7, 11) is 3.33. The number of methoxy groups -OCH3 is 2. The summed E-state index contributed by atoms with van der Waals surface area (Å²) in [6, 6.07) is 6.39. The van der Waals surface area contributed by atoms with E-state index in [4.69, 9.17) is 14.5 Å². The van der Waals surface area contributed by atoms with Gasteiger partial charge in [0.05, 0.1) is 25.5 Å². The van der Waals surface area contributed by atoms with E-state index in [1.165, 1.54) is 0 Å². The van der Waals surface area contributed by atoms with E-state index in [0.717, 1.165) is 53.9 Å². The first-order valence-electron chi connectivity index (χ1n) is 7.83. The Balaban J connectivity index is 1.79. The summed E-state index contributed by atoms with van der Waals surface area (Å²) in [5, 5.41) is 6.55. The molecule has 1 fully saturated rings. The van der Waals surface area contributed by atoms with Crippen LogP contribution in [0.2, 0.25) is 0 Å². The molecule has 0 spiro atoms. The van der Waals surface area contributed by atoms with Gasteiger partial charge in [0.15, 0.2) is 0 Å². The fourth-order valence-corrected chi connectivity index (χ4v) is 3.65. The van der Waals surface area contributed by atoms with Crippen LogP contribution in [-0.2, 0) is 6.54 Å². The van der Waals surface area contributed by atoms with E-state index in [9.17, 15) is 0 Å². The zero-order valence-corrected chi connectivity index (χ0v) is 14.7. The van der Waals surface area contributed by atoms with Crippen LogP contribution in [-0.4, -0.2) is 49.8 Å². The second kappa shape index (κ2) is 7.29. The van der Waals surface area contributed by atoms with Gasteiger partial charge in [0.2, 0.25) is 0 Å².